The number of hydrogen-bond acceptors (Lipinski definition) is 4. The van der Waals surface area contributed by atoms with Gasteiger partial charge in [-0.25, -0.2) is 0 Å². The number of nitrogens with one attached hydrogen (secondary N) is 1. The largest absolute Gasteiger partial charge is 0.481 e. The topological polar surface area (TPSA) is 72.8 Å². The van der Waals surface area contributed by atoms with Gasteiger partial charge in [0.1, 0.15) is 0 Å². The van der Waals surface area contributed by atoms with E-state index in [4.69, 9.17) is 0 Å². The van der Waals surface area contributed by atoms with E-state index in [1.54, 1.807) is 0 Å². The molecule has 1 atom stereocenters. The fourth-order valence-electron chi connectivity index (χ4n) is 5.07. The molecule has 3 N–H and O–H groups in total. The number of benzene rings is 2. The highest BCUT2D eigenvalue weighted by Crippen LogP contribution is 2.38. The predicted octanol–water partition coefficient (Wildman–Crippen LogP) is 6.87. The summed E-state index contributed by atoms with van der Waals surface area (Å²) >= 11 is 0. The molecule has 1 aliphatic carbocycles. The van der Waals surface area contributed by atoms with Crippen molar-refractivity contribution in [3.05, 3.63) is 53.6 Å². The van der Waals surface area contributed by atoms with Crippen LogP contribution in [0.25, 0.3) is 0 Å². The number of aliphatic carboxylic acids is 1. The summed E-state index contributed by atoms with van der Waals surface area (Å²) in [5.41, 5.74) is 4.55. The third-order valence-electron chi connectivity index (χ3n) is 6.93. The van der Waals surface area contributed by atoms with Crippen LogP contribution in [0.4, 0.5) is 17.1 Å². The molecule has 0 saturated heterocycles. The average molecular weight is 467 g/mol. The molecule has 5 nitrogen and oxygen atoms in total. The third-order valence-corrected chi connectivity index (χ3v) is 6.93. The molecule has 0 aliphatic heterocycles. The van der Waals surface area contributed by atoms with Gasteiger partial charge in [-0.05, 0) is 80.8 Å². The monoisotopic (exact) mass is 466 g/mol. The Morgan fingerprint density at radius 2 is 1.76 bits per heavy atom. The second-order valence-electron chi connectivity index (χ2n) is 10.4. The Hall–Kier alpha value is -2.53. The molecule has 0 aromatic heterocycles. The van der Waals surface area contributed by atoms with Crippen LogP contribution in [0.2, 0.25) is 0 Å². The zero-order valence-corrected chi connectivity index (χ0v) is 21.3. The molecule has 1 aliphatic rings. The number of rotatable bonds is 11. The lowest BCUT2D eigenvalue weighted by Gasteiger charge is -2.40. The van der Waals surface area contributed by atoms with Gasteiger partial charge in [-0.15, -0.1) is 0 Å². The van der Waals surface area contributed by atoms with Crippen molar-refractivity contribution in [2.45, 2.75) is 96.6 Å². The zero-order valence-electron chi connectivity index (χ0n) is 21.3. The molecule has 0 bridgehead atoms. The van der Waals surface area contributed by atoms with Crippen molar-refractivity contribution in [3.8, 4) is 0 Å². The summed E-state index contributed by atoms with van der Waals surface area (Å²) in [5, 5.41) is 23.8. The molecule has 5 heteroatoms. The Balaban J connectivity index is 2.05. The van der Waals surface area contributed by atoms with Crippen LogP contribution in [0.1, 0.15) is 89.7 Å². The normalized spacial score (nSPS) is 15.7. The minimum Gasteiger partial charge on any atom is -0.481 e. The van der Waals surface area contributed by atoms with E-state index in [0.717, 1.165) is 48.3 Å². The average Bonchev–Trinajstić information content (AvgIpc) is 2.81. The van der Waals surface area contributed by atoms with Gasteiger partial charge in [0.05, 0.1) is 23.4 Å². The summed E-state index contributed by atoms with van der Waals surface area (Å²) in [6, 6.07) is 15.2. The Labute approximate surface area is 205 Å². The highest BCUT2D eigenvalue weighted by Gasteiger charge is 2.29. The standard InChI is InChI=1S/C29H42N2O3/c1-5-21-12-15-24(16-13-21)30-26-18-23(22(6-2)19-28(32)33)14-17-27(26)31(20-29(3,4)34)25-10-8-7-9-11-25/h12-18,22,25,30,34H,5-11,19-20H2,1-4H3,(H,32,33)/t22-/m0/s1. The van der Waals surface area contributed by atoms with Gasteiger partial charge in [0.2, 0.25) is 0 Å². The maximum absolute atomic E-state index is 11.5. The fraction of sp³-hybridized carbons (Fsp3) is 0.552. The molecule has 1 saturated carbocycles. The van der Waals surface area contributed by atoms with Gasteiger partial charge in [0, 0.05) is 18.3 Å². The van der Waals surface area contributed by atoms with E-state index in [9.17, 15) is 15.0 Å². The van der Waals surface area contributed by atoms with Crippen LogP contribution in [0.5, 0.6) is 0 Å². The number of carbonyl (C=O) groups is 1. The molecule has 0 unspecified atom stereocenters. The van der Waals surface area contributed by atoms with Gasteiger partial charge >= 0.3 is 5.97 Å². The zero-order chi connectivity index (χ0) is 24.7. The van der Waals surface area contributed by atoms with Crippen LogP contribution >= 0.6 is 0 Å². The third kappa shape index (κ3) is 7.23. The van der Waals surface area contributed by atoms with Crippen LogP contribution < -0.4 is 10.2 Å². The molecule has 2 aromatic rings. The first-order valence-electron chi connectivity index (χ1n) is 12.9. The van der Waals surface area contributed by atoms with Crippen molar-refractivity contribution >= 4 is 23.0 Å². The number of anilines is 3. The number of carboxylic acid groups (broad SMARTS) is 1. The molecule has 1 fully saturated rings. The van der Waals surface area contributed by atoms with E-state index in [1.807, 2.05) is 20.8 Å². The van der Waals surface area contributed by atoms with Crippen molar-refractivity contribution in [1.29, 1.82) is 0 Å². The van der Waals surface area contributed by atoms with Gasteiger partial charge in [-0.1, -0.05) is 51.3 Å². The van der Waals surface area contributed by atoms with Crippen molar-refractivity contribution in [2.24, 2.45) is 0 Å². The Bertz CT molecular complexity index is 927. The molecular formula is C29H42N2O3. The summed E-state index contributed by atoms with van der Waals surface area (Å²) in [4.78, 5) is 13.8. The number of aryl methyl sites for hydroxylation is 1. The number of aliphatic hydroxyl groups is 1. The van der Waals surface area contributed by atoms with Gasteiger partial charge in [0.25, 0.3) is 0 Å². The van der Waals surface area contributed by atoms with Crippen LogP contribution in [-0.4, -0.2) is 34.4 Å². The fourth-order valence-corrected chi connectivity index (χ4v) is 5.07. The molecule has 0 amide bonds. The summed E-state index contributed by atoms with van der Waals surface area (Å²) in [6.07, 6.45) is 7.83. The minimum atomic E-state index is -0.828. The van der Waals surface area contributed by atoms with Gasteiger partial charge in [-0.2, -0.15) is 0 Å². The van der Waals surface area contributed by atoms with Crippen LogP contribution in [-0.2, 0) is 11.2 Å². The summed E-state index contributed by atoms with van der Waals surface area (Å²) in [7, 11) is 0. The van der Waals surface area contributed by atoms with E-state index in [2.05, 4.69) is 59.6 Å². The number of nitrogens with zero attached hydrogens (tertiary/aromatic N) is 1. The van der Waals surface area contributed by atoms with E-state index in [-0.39, 0.29) is 12.3 Å². The quantitative estimate of drug-likeness (QED) is 0.337. The highest BCUT2D eigenvalue weighted by molar-refractivity contribution is 5.77. The maximum Gasteiger partial charge on any atom is 0.303 e. The molecule has 0 spiro atoms. The summed E-state index contributed by atoms with van der Waals surface area (Å²) in [5.74, 6) is -0.807. The first-order chi connectivity index (χ1) is 16.2. The van der Waals surface area contributed by atoms with Crippen LogP contribution in [0.15, 0.2) is 42.5 Å². The van der Waals surface area contributed by atoms with Gasteiger partial charge < -0.3 is 20.4 Å². The molecule has 0 radical (unpaired) electrons. The molecule has 34 heavy (non-hydrogen) atoms. The van der Waals surface area contributed by atoms with E-state index in [1.165, 1.54) is 24.8 Å². The van der Waals surface area contributed by atoms with Crippen molar-refractivity contribution in [1.82, 2.24) is 0 Å². The lowest BCUT2D eigenvalue weighted by Crippen LogP contribution is -2.45. The molecule has 186 valence electrons. The first kappa shape index (κ1) is 26.1. The summed E-state index contributed by atoms with van der Waals surface area (Å²) < 4.78 is 0. The molecular weight excluding hydrogens is 424 g/mol. The minimum absolute atomic E-state index is 0.0352. The number of carboxylic acids is 1. The van der Waals surface area contributed by atoms with E-state index in [0.29, 0.717) is 12.6 Å². The van der Waals surface area contributed by atoms with Gasteiger partial charge in [0.15, 0.2) is 0 Å². The lowest BCUT2D eigenvalue weighted by molar-refractivity contribution is -0.137. The Morgan fingerprint density at radius 3 is 2.32 bits per heavy atom. The summed E-state index contributed by atoms with van der Waals surface area (Å²) in [6.45, 7) is 8.48. The second kappa shape index (κ2) is 11.7. The van der Waals surface area contributed by atoms with Crippen molar-refractivity contribution in [3.63, 3.8) is 0 Å². The van der Waals surface area contributed by atoms with Crippen molar-refractivity contribution < 1.29 is 15.0 Å². The highest BCUT2D eigenvalue weighted by atomic mass is 16.4. The predicted molar refractivity (Wildman–Crippen MR) is 141 cm³/mol. The van der Waals surface area contributed by atoms with E-state index >= 15 is 0 Å². The molecule has 3 rings (SSSR count). The Morgan fingerprint density at radius 1 is 1.09 bits per heavy atom. The number of hydrogen-bond donors (Lipinski definition) is 3. The Kier molecular flexibility index (Phi) is 9.01. The van der Waals surface area contributed by atoms with E-state index < -0.39 is 11.6 Å². The first-order valence-corrected chi connectivity index (χ1v) is 12.9. The van der Waals surface area contributed by atoms with Gasteiger partial charge in [-0.3, -0.25) is 4.79 Å². The van der Waals surface area contributed by atoms with Crippen LogP contribution in [0, 0.1) is 0 Å². The second-order valence-corrected chi connectivity index (χ2v) is 10.4. The molecule has 0 heterocycles. The molecule has 2 aromatic carbocycles. The SMILES string of the molecule is CCc1ccc(Nc2cc([C@@H](CC)CC(=O)O)ccc2N(CC(C)(C)O)C2CCCCC2)cc1. The smallest absolute Gasteiger partial charge is 0.303 e. The maximum atomic E-state index is 11.5. The van der Waals surface area contributed by atoms with Crippen LogP contribution in [0.3, 0.4) is 0 Å². The van der Waals surface area contributed by atoms with Crippen molar-refractivity contribution in [2.75, 3.05) is 16.8 Å². The lowest BCUT2D eigenvalue weighted by atomic mass is 9.90.